The molecule has 1 rings (SSSR count). The molecule has 0 aromatic carbocycles. The quantitative estimate of drug-likeness (QED) is 0.743. The molecule has 2 nitrogen and oxygen atoms in total. The Kier molecular flexibility index (Phi) is 3.09. The first-order valence-corrected chi connectivity index (χ1v) is 4.51. The van der Waals surface area contributed by atoms with Gasteiger partial charge in [-0.3, -0.25) is 0 Å². The van der Waals surface area contributed by atoms with Crippen molar-refractivity contribution >= 4 is 5.82 Å². The molecule has 66 valence electrons. The van der Waals surface area contributed by atoms with Gasteiger partial charge >= 0.3 is 0 Å². The van der Waals surface area contributed by atoms with Gasteiger partial charge in [-0.15, -0.1) is 0 Å². The number of hydrogen-bond acceptors (Lipinski definition) is 2. The Hall–Kier alpha value is -1.05. The fourth-order valence-electron chi connectivity index (χ4n) is 1.42. The van der Waals surface area contributed by atoms with Crippen molar-refractivity contribution in [2.75, 3.05) is 5.73 Å². The minimum atomic E-state index is 0.705. The first-order chi connectivity index (χ1) is 5.79. The summed E-state index contributed by atoms with van der Waals surface area (Å²) in [5.74, 6) is 0.705. The van der Waals surface area contributed by atoms with Crippen LogP contribution in [0.4, 0.5) is 5.82 Å². The predicted octanol–water partition coefficient (Wildman–Crippen LogP) is 2.18. The van der Waals surface area contributed by atoms with Crippen molar-refractivity contribution in [3.05, 3.63) is 23.4 Å². The molecule has 0 bridgehead atoms. The van der Waals surface area contributed by atoms with Crippen molar-refractivity contribution in [3.8, 4) is 0 Å². The van der Waals surface area contributed by atoms with Crippen LogP contribution in [0.5, 0.6) is 0 Å². The molecule has 0 atom stereocenters. The maximum Gasteiger partial charge on any atom is 0.126 e. The van der Waals surface area contributed by atoms with Gasteiger partial charge in [0.15, 0.2) is 0 Å². The van der Waals surface area contributed by atoms with E-state index in [0.717, 1.165) is 19.3 Å². The minimum Gasteiger partial charge on any atom is -0.383 e. The molecule has 1 heterocycles. The zero-order valence-corrected chi connectivity index (χ0v) is 7.80. The van der Waals surface area contributed by atoms with Gasteiger partial charge in [0.25, 0.3) is 0 Å². The molecule has 12 heavy (non-hydrogen) atoms. The van der Waals surface area contributed by atoms with E-state index in [9.17, 15) is 0 Å². The van der Waals surface area contributed by atoms with E-state index in [1.807, 2.05) is 0 Å². The zero-order valence-electron chi connectivity index (χ0n) is 7.80. The lowest BCUT2D eigenvalue weighted by Crippen LogP contribution is -2.01. The van der Waals surface area contributed by atoms with Crippen LogP contribution in [0.2, 0.25) is 0 Å². The second kappa shape index (κ2) is 4.10. The van der Waals surface area contributed by atoms with E-state index in [-0.39, 0.29) is 0 Å². The monoisotopic (exact) mass is 164 g/mol. The molecule has 2 heteroatoms. The highest BCUT2D eigenvalue weighted by Gasteiger charge is 2.03. The Morgan fingerprint density at radius 2 is 2.17 bits per heavy atom. The van der Waals surface area contributed by atoms with Crippen molar-refractivity contribution in [2.24, 2.45) is 0 Å². The van der Waals surface area contributed by atoms with Crippen LogP contribution in [-0.4, -0.2) is 4.98 Å². The fraction of sp³-hybridized carbons (Fsp3) is 0.500. The van der Waals surface area contributed by atoms with Crippen molar-refractivity contribution in [2.45, 2.75) is 33.1 Å². The number of pyridine rings is 1. The van der Waals surface area contributed by atoms with Crippen LogP contribution in [0.25, 0.3) is 0 Å². The lowest BCUT2D eigenvalue weighted by atomic mass is 10.0. The molecule has 0 aliphatic heterocycles. The van der Waals surface area contributed by atoms with Gasteiger partial charge in [0.2, 0.25) is 0 Å². The Morgan fingerprint density at radius 3 is 2.75 bits per heavy atom. The number of anilines is 1. The molecular weight excluding hydrogens is 148 g/mol. The summed E-state index contributed by atoms with van der Waals surface area (Å²) in [4.78, 5) is 4.08. The number of rotatable bonds is 3. The third kappa shape index (κ3) is 1.76. The maximum absolute atomic E-state index is 5.77. The molecule has 0 saturated heterocycles. The molecular formula is C10H16N2. The normalized spacial score (nSPS) is 10.2. The van der Waals surface area contributed by atoms with Crippen LogP contribution in [0.15, 0.2) is 12.3 Å². The molecule has 0 unspecified atom stereocenters. The highest BCUT2D eigenvalue weighted by Crippen LogP contribution is 2.16. The average Bonchev–Trinajstić information content (AvgIpc) is 2.09. The van der Waals surface area contributed by atoms with Gasteiger partial charge in [0, 0.05) is 6.20 Å². The molecule has 1 aromatic heterocycles. The van der Waals surface area contributed by atoms with Gasteiger partial charge in [-0.2, -0.15) is 0 Å². The van der Waals surface area contributed by atoms with Crippen LogP contribution < -0.4 is 5.73 Å². The summed E-state index contributed by atoms with van der Waals surface area (Å²) in [6.07, 6.45) is 5.00. The number of aryl methyl sites for hydroxylation is 1. The molecule has 0 aliphatic carbocycles. The van der Waals surface area contributed by atoms with Crippen molar-refractivity contribution < 1.29 is 0 Å². The average molecular weight is 164 g/mol. The van der Waals surface area contributed by atoms with Crippen LogP contribution in [0.3, 0.4) is 0 Å². The van der Waals surface area contributed by atoms with E-state index >= 15 is 0 Å². The van der Waals surface area contributed by atoms with Gasteiger partial charge in [-0.05, 0) is 30.0 Å². The van der Waals surface area contributed by atoms with Gasteiger partial charge < -0.3 is 5.73 Å². The van der Waals surface area contributed by atoms with Gasteiger partial charge in [-0.1, -0.05) is 20.3 Å². The largest absolute Gasteiger partial charge is 0.383 e. The third-order valence-corrected chi connectivity index (χ3v) is 2.07. The molecule has 0 spiro atoms. The molecule has 0 radical (unpaired) electrons. The Bertz CT molecular complexity index is 256. The summed E-state index contributed by atoms with van der Waals surface area (Å²) in [5.41, 5.74) is 8.35. The van der Waals surface area contributed by atoms with Crippen LogP contribution in [0.1, 0.15) is 31.4 Å². The zero-order chi connectivity index (χ0) is 8.97. The third-order valence-electron chi connectivity index (χ3n) is 2.07. The minimum absolute atomic E-state index is 0.705. The maximum atomic E-state index is 5.77. The number of nitrogen functional groups attached to an aromatic ring is 1. The number of nitrogens with zero attached hydrogens (tertiary/aromatic N) is 1. The van der Waals surface area contributed by atoms with E-state index in [1.165, 1.54) is 11.1 Å². The first-order valence-electron chi connectivity index (χ1n) is 4.51. The molecule has 0 aliphatic rings. The van der Waals surface area contributed by atoms with Crippen LogP contribution >= 0.6 is 0 Å². The second-order valence-corrected chi connectivity index (χ2v) is 2.94. The number of nitrogens with two attached hydrogens (primary N) is 1. The van der Waals surface area contributed by atoms with Crippen molar-refractivity contribution in [1.82, 2.24) is 4.98 Å². The topological polar surface area (TPSA) is 38.9 Å². The highest BCUT2D eigenvalue weighted by molar-refractivity contribution is 5.44. The van der Waals surface area contributed by atoms with Crippen LogP contribution in [0, 0.1) is 0 Å². The van der Waals surface area contributed by atoms with E-state index in [0.29, 0.717) is 5.82 Å². The molecule has 0 saturated carbocycles. The van der Waals surface area contributed by atoms with E-state index in [1.54, 1.807) is 6.20 Å². The summed E-state index contributed by atoms with van der Waals surface area (Å²) in [5, 5.41) is 0. The summed E-state index contributed by atoms with van der Waals surface area (Å²) in [7, 11) is 0. The first kappa shape index (κ1) is 9.04. The molecule has 2 N–H and O–H groups in total. The van der Waals surface area contributed by atoms with Gasteiger partial charge in [0.1, 0.15) is 5.82 Å². The fourth-order valence-corrected chi connectivity index (χ4v) is 1.42. The molecule has 1 aromatic rings. The number of aromatic nitrogens is 1. The van der Waals surface area contributed by atoms with E-state index < -0.39 is 0 Å². The smallest absolute Gasteiger partial charge is 0.126 e. The summed E-state index contributed by atoms with van der Waals surface area (Å²) < 4.78 is 0. The number of hydrogen-bond donors (Lipinski definition) is 1. The Morgan fingerprint density at radius 1 is 1.42 bits per heavy atom. The van der Waals surface area contributed by atoms with Crippen molar-refractivity contribution in [1.29, 1.82) is 0 Å². The lowest BCUT2D eigenvalue weighted by Gasteiger charge is -2.07. The van der Waals surface area contributed by atoms with E-state index in [2.05, 4.69) is 24.9 Å². The summed E-state index contributed by atoms with van der Waals surface area (Å²) in [6, 6.07) is 2.06. The summed E-state index contributed by atoms with van der Waals surface area (Å²) in [6.45, 7) is 4.31. The summed E-state index contributed by atoms with van der Waals surface area (Å²) >= 11 is 0. The van der Waals surface area contributed by atoms with Gasteiger partial charge in [-0.25, -0.2) is 4.98 Å². The molecule has 0 amide bonds. The van der Waals surface area contributed by atoms with E-state index in [4.69, 9.17) is 5.73 Å². The van der Waals surface area contributed by atoms with Crippen molar-refractivity contribution in [3.63, 3.8) is 0 Å². The van der Waals surface area contributed by atoms with Gasteiger partial charge in [0.05, 0.1) is 0 Å². The SMILES string of the molecule is CCCc1c(CC)ccnc1N. The lowest BCUT2D eigenvalue weighted by molar-refractivity contribution is 0.894. The second-order valence-electron chi connectivity index (χ2n) is 2.94. The Balaban J connectivity index is 3.02. The molecule has 0 fully saturated rings. The standard InChI is InChI=1S/C10H16N2/c1-3-5-9-8(4-2)6-7-12-10(9)11/h6-7H,3-5H2,1-2H3,(H2,11,12). The van der Waals surface area contributed by atoms with Crippen LogP contribution in [-0.2, 0) is 12.8 Å². The predicted molar refractivity (Wildman–Crippen MR) is 52.0 cm³/mol. The Labute approximate surface area is 73.8 Å². The highest BCUT2D eigenvalue weighted by atomic mass is 14.8.